The van der Waals surface area contributed by atoms with Gasteiger partial charge >= 0.3 is 0 Å². The van der Waals surface area contributed by atoms with E-state index in [1.807, 2.05) is 11.3 Å². The number of benzene rings is 1. The van der Waals surface area contributed by atoms with Crippen LogP contribution in [0.15, 0.2) is 34.8 Å². The van der Waals surface area contributed by atoms with E-state index < -0.39 is 0 Å². The quantitative estimate of drug-likeness (QED) is 0.850. The van der Waals surface area contributed by atoms with Crippen LogP contribution < -0.4 is 5.32 Å². The molecule has 0 saturated heterocycles. The molecular formula is C15H18BrNS. The van der Waals surface area contributed by atoms with Crippen molar-refractivity contribution in [1.29, 1.82) is 0 Å². The number of nitrogens with one attached hydrogen (secondary N) is 1. The van der Waals surface area contributed by atoms with E-state index in [9.17, 15) is 0 Å². The molecule has 18 heavy (non-hydrogen) atoms. The molecule has 1 unspecified atom stereocenters. The van der Waals surface area contributed by atoms with Crippen molar-refractivity contribution in [3.05, 3.63) is 55.7 Å². The number of aryl methyl sites for hydroxylation is 2. The topological polar surface area (TPSA) is 12.0 Å². The second kappa shape index (κ2) is 6.00. The molecule has 1 aromatic heterocycles. The Kier molecular flexibility index (Phi) is 4.60. The van der Waals surface area contributed by atoms with Crippen molar-refractivity contribution in [2.75, 3.05) is 6.54 Å². The number of halogens is 1. The summed E-state index contributed by atoms with van der Waals surface area (Å²) in [6.45, 7) is 7.45. The van der Waals surface area contributed by atoms with E-state index in [1.165, 1.54) is 20.9 Å². The zero-order valence-corrected chi connectivity index (χ0v) is 13.4. The molecule has 0 radical (unpaired) electrons. The normalized spacial score (nSPS) is 12.7. The lowest BCUT2D eigenvalue weighted by Gasteiger charge is -2.19. The lowest BCUT2D eigenvalue weighted by molar-refractivity contribution is 0.636. The zero-order valence-electron chi connectivity index (χ0n) is 11.0. The van der Waals surface area contributed by atoms with Gasteiger partial charge in [0.1, 0.15) is 0 Å². The smallest absolute Gasteiger partial charge is 0.0673 e. The van der Waals surface area contributed by atoms with Gasteiger partial charge in [-0.25, -0.2) is 0 Å². The predicted octanol–water partition coefficient (Wildman–Crippen LogP) is 4.83. The molecule has 1 aromatic carbocycles. The Balaban J connectivity index is 2.41. The molecule has 0 fully saturated rings. The minimum atomic E-state index is 0.307. The molecule has 0 bridgehead atoms. The van der Waals surface area contributed by atoms with Gasteiger partial charge in [0.15, 0.2) is 0 Å². The van der Waals surface area contributed by atoms with Crippen LogP contribution >= 0.6 is 27.3 Å². The van der Waals surface area contributed by atoms with Crippen molar-refractivity contribution in [3.8, 4) is 0 Å². The summed E-state index contributed by atoms with van der Waals surface area (Å²) in [7, 11) is 0. The maximum Gasteiger partial charge on any atom is 0.0673 e. The molecular weight excluding hydrogens is 306 g/mol. The first-order valence-corrected chi connectivity index (χ1v) is 7.78. The summed E-state index contributed by atoms with van der Waals surface area (Å²) in [5.74, 6) is 0. The summed E-state index contributed by atoms with van der Waals surface area (Å²) in [4.78, 5) is 2.75. The predicted molar refractivity (Wildman–Crippen MR) is 83.5 cm³/mol. The number of hydrogen-bond donors (Lipinski definition) is 1. The molecule has 0 aliphatic rings. The summed E-state index contributed by atoms with van der Waals surface area (Å²) >= 11 is 5.40. The first-order chi connectivity index (χ1) is 8.61. The third kappa shape index (κ3) is 3.02. The average molecular weight is 324 g/mol. The monoisotopic (exact) mass is 323 g/mol. The van der Waals surface area contributed by atoms with Crippen molar-refractivity contribution >= 4 is 27.3 Å². The van der Waals surface area contributed by atoms with Gasteiger partial charge < -0.3 is 5.32 Å². The highest BCUT2D eigenvalue weighted by molar-refractivity contribution is 9.10. The van der Waals surface area contributed by atoms with Crippen molar-refractivity contribution in [3.63, 3.8) is 0 Å². The second-order valence-corrected chi connectivity index (χ2v) is 6.68. The second-order valence-electron chi connectivity index (χ2n) is 4.44. The molecule has 1 nitrogen and oxygen atoms in total. The summed E-state index contributed by atoms with van der Waals surface area (Å²) in [5, 5.41) is 3.58. The fourth-order valence-electron chi connectivity index (χ4n) is 2.14. The Morgan fingerprint density at radius 1 is 1.22 bits per heavy atom. The Morgan fingerprint density at radius 2 is 2.00 bits per heavy atom. The highest BCUT2D eigenvalue weighted by Crippen LogP contribution is 2.31. The third-order valence-corrected chi connectivity index (χ3v) is 4.56. The van der Waals surface area contributed by atoms with Gasteiger partial charge in [-0.15, -0.1) is 11.3 Å². The first-order valence-electron chi connectivity index (χ1n) is 6.17. The first kappa shape index (κ1) is 13.8. The number of rotatable bonds is 4. The van der Waals surface area contributed by atoms with E-state index in [0.717, 1.165) is 11.0 Å². The van der Waals surface area contributed by atoms with Crippen molar-refractivity contribution in [2.45, 2.75) is 26.8 Å². The molecule has 1 atom stereocenters. The van der Waals surface area contributed by atoms with Crippen LogP contribution in [0.25, 0.3) is 0 Å². The van der Waals surface area contributed by atoms with Crippen LogP contribution in [-0.4, -0.2) is 6.54 Å². The summed E-state index contributed by atoms with van der Waals surface area (Å²) in [6, 6.07) is 11.2. The summed E-state index contributed by atoms with van der Waals surface area (Å²) < 4.78 is 1.14. The van der Waals surface area contributed by atoms with E-state index in [-0.39, 0.29) is 0 Å². The van der Waals surface area contributed by atoms with E-state index >= 15 is 0 Å². The van der Waals surface area contributed by atoms with Crippen LogP contribution in [0.1, 0.15) is 33.8 Å². The van der Waals surface area contributed by atoms with Gasteiger partial charge in [0.05, 0.1) is 6.04 Å². The van der Waals surface area contributed by atoms with Crippen molar-refractivity contribution in [2.24, 2.45) is 0 Å². The maximum absolute atomic E-state index is 3.58. The Morgan fingerprint density at radius 3 is 2.56 bits per heavy atom. The van der Waals surface area contributed by atoms with E-state index in [4.69, 9.17) is 0 Å². The molecule has 0 saturated carbocycles. The van der Waals surface area contributed by atoms with E-state index in [2.05, 4.69) is 72.3 Å². The largest absolute Gasteiger partial charge is 0.306 e. The molecule has 96 valence electrons. The Bertz CT molecular complexity index is 533. The van der Waals surface area contributed by atoms with Gasteiger partial charge in [0, 0.05) is 14.2 Å². The van der Waals surface area contributed by atoms with E-state index in [0.29, 0.717) is 6.04 Å². The maximum atomic E-state index is 3.58. The molecule has 0 amide bonds. The molecule has 1 N–H and O–H groups in total. The van der Waals surface area contributed by atoms with Crippen molar-refractivity contribution < 1.29 is 0 Å². The molecule has 3 heteroatoms. The molecule has 2 aromatic rings. The number of hydrogen-bond acceptors (Lipinski definition) is 2. The standard InChI is InChI=1S/C15H18BrNS/c1-4-17-15(14-8-5-11(3)18-14)13-7-6-12(16)9-10(13)2/h5-9,15,17H,4H2,1-3H3. The fourth-order valence-corrected chi connectivity index (χ4v) is 3.59. The van der Waals surface area contributed by atoms with Crippen LogP contribution in [0, 0.1) is 13.8 Å². The van der Waals surface area contributed by atoms with Crippen LogP contribution in [0.4, 0.5) is 0 Å². The zero-order chi connectivity index (χ0) is 13.1. The Hall–Kier alpha value is -0.640. The SMILES string of the molecule is CCNC(c1ccc(C)s1)c1ccc(Br)cc1C. The minimum Gasteiger partial charge on any atom is -0.306 e. The van der Waals surface area contributed by atoms with Gasteiger partial charge in [-0.3, -0.25) is 0 Å². The van der Waals surface area contributed by atoms with Gasteiger partial charge in [0.25, 0.3) is 0 Å². The van der Waals surface area contributed by atoms with Crippen molar-refractivity contribution in [1.82, 2.24) is 5.32 Å². The lowest BCUT2D eigenvalue weighted by atomic mass is 10.00. The van der Waals surface area contributed by atoms with Gasteiger partial charge in [-0.2, -0.15) is 0 Å². The number of thiophene rings is 1. The molecule has 0 aliphatic heterocycles. The van der Waals surface area contributed by atoms with Crippen LogP contribution in [0.2, 0.25) is 0 Å². The molecule has 0 spiro atoms. The van der Waals surface area contributed by atoms with Gasteiger partial charge in [-0.1, -0.05) is 28.9 Å². The van der Waals surface area contributed by atoms with Crippen LogP contribution in [0.3, 0.4) is 0 Å². The third-order valence-electron chi connectivity index (χ3n) is 3.00. The summed E-state index contributed by atoms with van der Waals surface area (Å²) in [6.07, 6.45) is 0. The highest BCUT2D eigenvalue weighted by Gasteiger charge is 2.16. The molecule has 1 heterocycles. The van der Waals surface area contributed by atoms with Crippen LogP contribution in [-0.2, 0) is 0 Å². The summed E-state index contributed by atoms with van der Waals surface area (Å²) in [5.41, 5.74) is 2.68. The average Bonchev–Trinajstić information content (AvgIpc) is 2.73. The minimum absolute atomic E-state index is 0.307. The van der Waals surface area contributed by atoms with Gasteiger partial charge in [0.2, 0.25) is 0 Å². The molecule has 0 aliphatic carbocycles. The van der Waals surface area contributed by atoms with E-state index in [1.54, 1.807) is 0 Å². The van der Waals surface area contributed by atoms with Crippen LogP contribution in [0.5, 0.6) is 0 Å². The fraction of sp³-hybridized carbons (Fsp3) is 0.333. The lowest BCUT2D eigenvalue weighted by Crippen LogP contribution is -2.21. The Labute approximate surface area is 121 Å². The highest BCUT2D eigenvalue weighted by atomic mass is 79.9. The van der Waals surface area contributed by atoms with Gasteiger partial charge in [-0.05, 0) is 55.8 Å². The molecule has 2 rings (SSSR count).